The van der Waals surface area contributed by atoms with E-state index in [9.17, 15) is 8.78 Å². The molecule has 0 amide bonds. The molecule has 2 aliphatic carbocycles. The molecule has 148 valence electrons. The Morgan fingerprint density at radius 2 is 1.52 bits per heavy atom. The van der Waals surface area contributed by atoms with Crippen molar-refractivity contribution in [3.63, 3.8) is 0 Å². The highest BCUT2D eigenvalue weighted by molar-refractivity contribution is 9.10. The van der Waals surface area contributed by atoms with Crippen molar-refractivity contribution in [3.8, 4) is 5.88 Å². The van der Waals surface area contributed by atoms with E-state index in [1.807, 2.05) is 0 Å². The van der Waals surface area contributed by atoms with Gasteiger partial charge in [0.1, 0.15) is 16.2 Å². The molecule has 4 rings (SSSR count). The molecule has 7 heteroatoms. The van der Waals surface area contributed by atoms with Gasteiger partial charge in [-0.25, -0.2) is 18.7 Å². The van der Waals surface area contributed by atoms with Gasteiger partial charge in [0, 0.05) is 12.7 Å². The van der Waals surface area contributed by atoms with Crippen molar-refractivity contribution < 1.29 is 18.6 Å². The molecule has 2 aliphatic rings. The molecule has 0 saturated heterocycles. The summed E-state index contributed by atoms with van der Waals surface area (Å²) in [6, 6.07) is 5.92. The zero-order valence-electron chi connectivity index (χ0n) is 15.6. The first-order valence-corrected chi connectivity index (χ1v) is 9.83. The van der Waals surface area contributed by atoms with Gasteiger partial charge in [0.05, 0.1) is 18.0 Å². The first-order chi connectivity index (χ1) is 12.9. The third-order valence-electron chi connectivity index (χ3n) is 4.10. The van der Waals surface area contributed by atoms with Gasteiger partial charge in [-0.3, -0.25) is 0 Å². The van der Waals surface area contributed by atoms with Gasteiger partial charge in [-0.1, -0.05) is 0 Å². The number of rotatable bonds is 4. The molecule has 2 saturated carbocycles. The monoisotopic (exact) mass is 442 g/mol. The van der Waals surface area contributed by atoms with E-state index in [-0.39, 0.29) is 11.6 Å². The highest BCUT2D eigenvalue weighted by Gasteiger charge is 2.22. The van der Waals surface area contributed by atoms with Gasteiger partial charge in [-0.2, -0.15) is 0 Å². The van der Waals surface area contributed by atoms with Crippen molar-refractivity contribution in [1.82, 2.24) is 9.97 Å². The molecule has 0 bridgehead atoms. The van der Waals surface area contributed by atoms with Crippen LogP contribution in [0.1, 0.15) is 37.1 Å². The standard InChI is InChI=1S/C10H12FNO.C6H5BrFN.C4H8O/c1-7-9(11)4-5-10(12-7)13-6-8-2-3-8;1-4-5(8)2-3-6(7)9-4;5-3-4-1-2-4/h4-5,8H,2-3,6H2,1H3;2-3H,1H3;4-5H,1-3H2. The number of aliphatic hydroxyl groups is 1. The summed E-state index contributed by atoms with van der Waals surface area (Å²) >= 11 is 3.12. The van der Waals surface area contributed by atoms with E-state index >= 15 is 0 Å². The first-order valence-electron chi connectivity index (χ1n) is 9.04. The largest absolute Gasteiger partial charge is 0.477 e. The van der Waals surface area contributed by atoms with E-state index < -0.39 is 0 Å². The van der Waals surface area contributed by atoms with Crippen LogP contribution in [0.4, 0.5) is 8.78 Å². The Balaban J connectivity index is 0.000000161. The lowest BCUT2D eigenvalue weighted by atomic mass is 10.3. The van der Waals surface area contributed by atoms with Gasteiger partial charge in [-0.15, -0.1) is 0 Å². The molecular formula is C20H25BrF2N2O2. The van der Waals surface area contributed by atoms with Gasteiger partial charge in [-0.05, 0) is 85.5 Å². The third-order valence-corrected chi connectivity index (χ3v) is 4.54. The average Bonchev–Trinajstić information content (AvgIpc) is 3.55. The molecular weight excluding hydrogens is 418 g/mol. The second kappa shape index (κ2) is 10.7. The van der Waals surface area contributed by atoms with Crippen LogP contribution in [0.2, 0.25) is 0 Å². The van der Waals surface area contributed by atoms with Gasteiger partial charge in [0.2, 0.25) is 5.88 Å². The minimum Gasteiger partial charge on any atom is -0.477 e. The third kappa shape index (κ3) is 8.75. The van der Waals surface area contributed by atoms with Crippen LogP contribution < -0.4 is 4.74 Å². The Labute approximate surface area is 167 Å². The number of nitrogens with zero attached hydrogens (tertiary/aromatic N) is 2. The Morgan fingerprint density at radius 3 is 1.93 bits per heavy atom. The van der Waals surface area contributed by atoms with E-state index in [1.54, 1.807) is 26.0 Å². The van der Waals surface area contributed by atoms with Gasteiger partial charge >= 0.3 is 0 Å². The highest BCUT2D eigenvalue weighted by Crippen LogP contribution is 2.29. The Hall–Kier alpha value is -1.60. The molecule has 2 aromatic rings. The number of aryl methyl sites for hydroxylation is 2. The van der Waals surface area contributed by atoms with E-state index in [1.165, 1.54) is 37.8 Å². The van der Waals surface area contributed by atoms with Crippen LogP contribution in [0.15, 0.2) is 28.9 Å². The molecule has 1 N–H and O–H groups in total. The van der Waals surface area contributed by atoms with Crippen LogP contribution >= 0.6 is 15.9 Å². The van der Waals surface area contributed by atoms with Gasteiger partial charge in [0.25, 0.3) is 0 Å². The number of pyridine rings is 2. The zero-order chi connectivity index (χ0) is 19.8. The lowest BCUT2D eigenvalue weighted by Crippen LogP contribution is -2.01. The topological polar surface area (TPSA) is 55.2 Å². The normalized spacial score (nSPS) is 15.2. The molecule has 2 heterocycles. The summed E-state index contributed by atoms with van der Waals surface area (Å²) < 4.78 is 31.3. The zero-order valence-corrected chi connectivity index (χ0v) is 17.2. The number of ether oxygens (including phenoxy) is 1. The minimum absolute atomic E-state index is 0.266. The molecule has 0 unspecified atom stereocenters. The van der Waals surface area contributed by atoms with Gasteiger partial charge in [0.15, 0.2) is 0 Å². The lowest BCUT2D eigenvalue weighted by molar-refractivity contribution is 0.277. The summed E-state index contributed by atoms with van der Waals surface area (Å²) in [5.41, 5.74) is 0.817. The molecule has 0 spiro atoms. The maximum absolute atomic E-state index is 12.8. The number of hydrogen-bond donors (Lipinski definition) is 1. The van der Waals surface area contributed by atoms with E-state index in [4.69, 9.17) is 9.84 Å². The van der Waals surface area contributed by atoms with Crippen LogP contribution in [-0.2, 0) is 0 Å². The second-order valence-corrected chi connectivity index (χ2v) is 7.61. The summed E-state index contributed by atoms with van der Waals surface area (Å²) in [7, 11) is 0. The maximum Gasteiger partial charge on any atom is 0.213 e. The molecule has 27 heavy (non-hydrogen) atoms. The van der Waals surface area contributed by atoms with Crippen LogP contribution in [0, 0.1) is 37.3 Å². The Bertz CT molecular complexity index is 738. The Morgan fingerprint density at radius 1 is 0.963 bits per heavy atom. The number of aliphatic hydroxyl groups excluding tert-OH is 1. The lowest BCUT2D eigenvalue weighted by Gasteiger charge is -2.04. The highest BCUT2D eigenvalue weighted by atomic mass is 79.9. The van der Waals surface area contributed by atoms with Crippen LogP contribution in [0.25, 0.3) is 0 Å². The van der Waals surface area contributed by atoms with E-state index in [2.05, 4.69) is 25.9 Å². The molecule has 0 aromatic carbocycles. The van der Waals surface area contributed by atoms with Crippen LogP contribution in [0.3, 0.4) is 0 Å². The fraction of sp³-hybridized carbons (Fsp3) is 0.500. The van der Waals surface area contributed by atoms with Crippen molar-refractivity contribution in [3.05, 3.63) is 51.9 Å². The van der Waals surface area contributed by atoms with E-state index in [0.29, 0.717) is 40.3 Å². The minimum atomic E-state index is -0.279. The summed E-state index contributed by atoms with van der Waals surface area (Å²) in [6.45, 7) is 4.40. The number of halogens is 3. The van der Waals surface area contributed by atoms with Gasteiger partial charge < -0.3 is 9.84 Å². The predicted molar refractivity (Wildman–Crippen MR) is 104 cm³/mol. The fourth-order valence-corrected chi connectivity index (χ4v) is 2.30. The number of hydrogen-bond acceptors (Lipinski definition) is 4. The quantitative estimate of drug-likeness (QED) is 0.676. The molecule has 0 radical (unpaired) electrons. The van der Waals surface area contributed by atoms with Crippen molar-refractivity contribution in [1.29, 1.82) is 0 Å². The van der Waals surface area contributed by atoms with Crippen molar-refractivity contribution in [2.24, 2.45) is 11.8 Å². The molecule has 2 fully saturated rings. The summed E-state index contributed by atoms with van der Waals surface area (Å²) in [5, 5.41) is 8.21. The fourth-order valence-electron chi connectivity index (χ4n) is 1.90. The predicted octanol–water partition coefficient (Wildman–Crippen LogP) is 5.00. The summed E-state index contributed by atoms with van der Waals surface area (Å²) in [4.78, 5) is 7.79. The molecule has 0 atom stereocenters. The molecule has 4 nitrogen and oxygen atoms in total. The number of aromatic nitrogens is 2. The van der Waals surface area contributed by atoms with Crippen molar-refractivity contribution in [2.45, 2.75) is 39.5 Å². The van der Waals surface area contributed by atoms with Crippen molar-refractivity contribution in [2.75, 3.05) is 13.2 Å². The Kier molecular flexibility index (Phi) is 8.57. The van der Waals surface area contributed by atoms with Crippen LogP contribution in [-0.4, -0.2) is 28.3 Å². The van der Waals surface area contributed by atoms with Crippen molar-refractivity contribution >= 4 is 15.9 Å². The van der Waals surface area contributed by atoms with E-state index in [0.717, 1.165) is 6.61 Å². The smallest absolute Gasteiger partial charge is 0.213 e. The maximum atomic E-state index is 12.8. The second-order valence-electron chi connectivity index (χ2n) is 6.80. The summed E-state index contributed by atoms with van der Waals surface area (Å²) in [6.07, 6.45) is 5.02. The average molecular weight is 443 g/mol. The van der Waals surface area contributed by atoms with Crippen LogP contribution in [0.5, 0.6) is 5.88 Å². The summed E-state index contributed by atoms with van der Waals surface area (Å²) in [5.74, 6) is 1.38. The first kappa shape index (κ1) is 21.7. The molecule has 2 aromatic heterocycles. The SMILES string of the molecule is Cc1nc(Br)ccc1F.Cc1nc(OCC2CC2)ccc1F.OCC1CC1. The molecule has 0 aliphatic heterocycles.